The number of carbonyl (C=O) groups is 2. The summed E-state index contributed by atoms with van der Waals surface area (Å²) in [6.45, 7) is 1.80. The zero-order chi connectivity index (χ0) is 20.1. The van der Waals surface area contributed by atoms with E-state index in [1.807, 2.05) is 48.5 Å². The first-order valence-electron chi connectivity index (χ1n) is 9.00. The Labute approximate surface area is 161 Å². The van der Waals surface area contributed by atoms with E-state index >= 15 is 0 Å². The van der Waals surface area contributed by atoms with Crippen molar-refractivity contribution in [1.82, 2.24) is 5.01 Å². The average Bonchev–Trinajstić information content (AvgIpc) is 3.02. The van der Waals surface area contributed by atoms with Crippen molar-refractivity contribution in [2.24, 2.45) is 5.22 Å². The second-order valence-corrected chi connectivity index (χ2v) is 6.47. The predicted octanol–water partition coefficient (Wildman–Crippen LogP) is 4.72. The molecule has 8 heteroatoms. The molecular formula is C20H20N4O4. The van der Waals surface area contributed by atoms with Gasteiger partial charge in [-0.05, 0) is 33.9 Å². The van der Waals surface area contributed by atoms with Crippen LogP contribution in [0.4, 0.5) is 4.79 Å². The first kappa shape index (κ1) is 19.3. The lowest BCUT2D eigenvalue weighted by Gasteiger charge is -2.20. The summed E-state index contributed by atoms with van der Waals surface area (Å²) in [5, 5.41) is 13.2. The Hall–Kier alpha value is -3.51. The van der Waals surface area contributed by atoms with Crippen molar-refractivity contribution >= 4 is 12.1 Å². The molecule has 0 radical (unpaired) electrons. The number of benzene rings is 2. The average molecular weight is 380 g/mol. The molecule has 1 aliphatic carbocycles. The van der Waals surface area contributed by atoms with Gasteiger partial charge in [0.2, 0.25) is 6.04 Å². The Morgan fingerprint density at radius 2 is 1.75 bits per heavy atom. The van der Waals surface area contributed by atoms with Crippen LogP contribution in [-0.2, 0) is 9.53 Å². The third-order valence-electron chi connectivity index (χ3n) is 4.80. The van der Waals surface area contributed by atoms with Crippen LogP contribution in [-0.4, -0.2) is 34.8 Å². The first-order valence-corrected chi connectivity index (χ1v) is 9.00. The van der Waals surface area contributed by atoms with Gasteiger partial charge >= 0.3 is 12.1 Å². The number of rotatable bonds is 7. The molecule has 0 saturated heterocycles. The fourth-order valence-corrected chi connectivity index (χ4v) is 3.55. The van der Waals surface area contributed by atoms with Crippen LogP contribution in [0.2, 0.25) is 0 Å². The van der Waals surface area contributed by atoms with E-state index in [-0.39, 0.29) is 18.9 Å². The van der Waals surface area contributed by atoms with Crippen molar-refractivity contribution < 1.29 is 19.4 Å². The molecule has 1 aliphatic rings. The highest BCUT2D eigenvalue weighted by Gasteiger charge is 2.36. The molecule has 0 spiro atoms. The molecule has 0 bridgehead atoms. The molecular weight excluding hydrogens is 360 g/mol. The monoisotopic (exact) mass is 380 g/mol. The van der Waals surface area contributed by atoms with E-state index in [9.17, 15) is 14.7 Å². The summed E-state index contributed by atoms with van der Waals surface area (Å²) >= 11 is 0. The molecule has 8 nitrogen and oxygen atoms in total. The van der Waals surface area contributed by atoms with Gasteiger partial charge < -0.3 is 9.84 Å². The molecule has 0 saturated carbocycles. The third-order valence-corrected chi connectivity index (χ3v) is 4.80. The molecule has 1 atom stereocenters. The van der Waals surface area contributed by atoms with Crippen LogP contribution < -0.4 is 0 Å². The molecule has 1 N–H and O–H groups in total. The van der Waals surface area contributed by atoms with Crippen LogP contribution in [0.5, 0.6) is 0 Å². The molecule has 1 amide bonds. The summed E-state index contributed by atoms with van der Waals surface area (Å²) in [5.74, 6) is -1.42. The van der Waals surface area contributed by atoms with Crippen molar-refractivity contribution in [1.29, 1.82) is 0 Å². The van der Waals surface area contributed by atoms with Crippen molar-refractivity contribution in [2.45, 2.75) is 31.7 Å². The van der Waals surface area contributed by atoms with E-state index in [1.165, 1.54) is 0 Å². The van der Waals surface area contributed by atoms with Crippen molar-refractivity contribution in [3.05, 3.63) is 70.1 Å². The number of carbonyl (C=O) groups excluding carboxylic acids is 1. The van der Waals surface area contributed by atoms with Gasteiger partial charge in [-0.25, -0.2) is 4.79 Å². The molecule has 0 unspecified atom stereocenters. The predicted molar refractivity (Wildman–Crippen MR) is 102 cm³/mol. The number of azide groups is 1. The number of nitrogens with zero attached hydrogens (tertiary/aromatic N) is 4. The Morgan fingerprint density at radius 3 is 2.25 bits per heavy atom. The van der Waals surface area contributed by atoms with Gasteiger partial charge in [0.25, 0.3) is 0 Å². The zero-order valence-electron chi connectivity index (χ0n) is 15.4. The van der Waals surface area contributed by atoms with Gasteiger partial charge in [0.15, 0.2) is 0 Å². The maximum Gasteiger partial charge on any atom is 0.511 e. The molecule has 0 fully saturated rings. The van der Waals surface area contributed by atoms with E-state index in [4.69, 9.17) is 10.3 Å². The fourth-order valence-electron chi connectivity index (χ4n) is 3.55. The minimum Gasteiger partial charge on any atom is -0.478 e. The molecule has 3 rings (SSSR count). The van der Waals surface area contributed by atoms with Crippen molar-refractivity contribution in [2.75, 3.05) is 6.61 Å². The van der Waals surface area contributed by atoms with Gasteiger partial charge in [0, 0.05) is 5.92 Å². The first-order chi connectivity index (χ1) is 13.6. The highest BCUT2D eigenvalue weighted by atomic mass is 16.6. The van der Waals surface area contributed by atoms with E-state index in [0.29, 0.717) is 11.4 Å². The molecule has 2 aromatic rings. The quantitative estimate of drug-likeness (QED) is 0.324. The smallest absolute Gasteiger partial charge is 0.478 e. The third kappa shape index (κ3) is 3.63. The second kappa shape index (κ2) is 8.45. The number of hydrogen-bond donors (Lipinski definition) is 1. The standard InChI is InChI=1S/C20H20N4O4/c1-2-7-18(19(25)26)24(23-22-21)20(27)28-12-17-15-10-5-3-8-13(15)14-9-4-6-11-16(14)17/h3-6,8-11,17-18H,2,7,12H2,1H3,(H,25,26)/t18-/m0/s1. The van der Waals surface area contributed by atoms with Crippen molar-refractivity contribution in [3.63, 3.8) is 0 Å². The van der Waals surface area contributed by atoms with Crippen molar-refractivity contribution in [3.8, 4) is 11.1 Å². The molecule has 28 heavy (non-hydrogen) atoms. The fraction of sp³-hybridized carbons (Fsp3) is 0.300. The Balaban J connectivity index is 1.82. The van der Waals surface area contributed by atoms with Gasteiger partial charge in [0.05, 0.1) is 0 Å². The molecule has 144 valence electrons. The summed E-state index contributed by atoms with van der Waals surface area (Å²) in [5.41, 5.74) is 13.0. The number of carboxylic acid groups (broad SMARTS) is 1. The van der Waals surface area contributed by atoms with E-state index in [1.54, 1.807) is 6.92 Å². The molecule has 0 aliphatic heterocycles. The highest BCUT2D eigenvalue weighted by Crippen LogP contribution is 2.44. The number of ether oxygens (including phenoxy) is 1. The van der Waals surface area contributed by atoms with Gasteiger partial charge in [0.1, 0.15) is 6.61 Å². The zero-order valence-corrected chi connectivity index (χ0v) is 15.4. The summed E-state index contributed by atoms with van der Waals surface area (Å²) in [6.07, 6.45) is -0.315. The van der Waals surface area contributed by atoms with Crippen LogP contribution in [0.1, 0.15) is 36.8 Å². The van der Waals surface area contributed by atoms with Crippen LogP contribution >= 0.6 is 0 Å². The summed E-state index contributed by atoms with van der Waals surface area (Å²) in [6, 6.07) is 14.5. The number of hydrogen-bond acceptors (Lipinski definition) is 4. The second-order valence-electron chi connectivity index (χ2n) is 6.47. The van der Waals surface area contributed by atoms with Crippen LogP contribution in [0, 0.1) is 0 Å². The van der Waals surface area contributed by atoms with E-state index in [0.717, 1.165) is 22.3 Å². The number of amides is 1. The molecule has 0 heterocycles. The summed E-state index contributed by atoms with van der Waals surface area (Å²) in [7, 11) is 0. The van der Waals surface area contributed by atoms with E-state index in [2.05, 4.69) is 10.1 Å². The number of aliphatic carboxylic acids is 1. The number of fused-ring (bicyclic) bond motifs is 3. The topological polar surface area (TPSA) is 116 Å². The lowest BCUT2D eigenvalue weighted by Crippen LogP contribution is -2.42. The highest BCUT2D eigenvalue weighted by molar-refractivity contribution is 5.81. The van der Waals surface area contributed by atoms with Gasteiger partial charge in [-0.2, -0.15) is 9.71 Å². The van der Waals surface area contributed by atoms with Crippen LogP contribution in [0.3, 0.4) is 0 Å². The van der Waals surface area contributed by atoms with Gasteiger partial charge in [-0.3, -0.25) is 0 Å². The molecule has 0 aromatic heterocycles. The molecule has 2 aromatic carbocycles. The van der Waals surface area contributed by atoms with Gasteiger partial charge in [-0.15, -0.1) is 10.5 Å². The normalized spacial score (nSPS) is 13.0. The Bertz CT molecular complexity index is 894. The SMILES string of the molecule is CCC[C@@H](C(=O)O)N(N=[N+]=[N-])C(=O)OCC1c2ccccc2-c2ccccc21. The Kier molecular flexibility index (Phi) is 5.81. The number of carboxylic acids is 1. The van der Waals surface area contributed by atoms with Crippen LogP contribution in [0.15, 0.2) is 53.8 Å². The van der Waals surface area contributed by atoms with Gasteiger partial charge in [-0.1, -0.05) is 61.9 Å². The minimum absolute atomic E-state index is 0.0166. The Morgan fingerprint density at radius 1 is 1.18 bits per heavy atom. The van der Waals surface area contributed by atoms with E-state index < -0.39 is 18.1 Å². The minimum atomic E-state index is -1.27. The maximum atomic E-state index is 12.5. The summed E-state index contributed by atoms with van der Waals surface area (Å²) in [4.78, 5) is 26.6. The maximum absolute atomic E-state index is 12.5. The lowest BCUT2D eigenvalue weighted by molar-refractivity contribution is -0.143. The van der Waals surface area contributed by atoms with Crippen LogP contribution in [0.25, 0.3) is 21.6 Å². The largest absolute Gasteiger partial charge is 0.511 e. The lowest BCUT2D eigenvalue weighted by atomic mass is 9.98. The summed E-state index contributed by atoms with van der Waals surface area (Å²) < 4.78 is 5.39.